The summed E-state index contributed by atoms with van der Waals surface area (Å²) in [7, 11) is 0. The maximum absolute atomic E-state index is 13.5. The number of hydrogen-bond donors (Lipinski definition) is 1. The number of carboxylic acids is 1. The van der Waals surface area contributed by atoms with E-state index in [9.17, 15) is 14.7 Å². The van der Waals surface area contributed by atoms with Crippen LogP contribution in [-0.4, -0.2) is 17.0 Å². The number of fused-ring (bicyclic) bond motifs is 1. The molecule has 5 rings (SSSR count). The van der Waals surface area contributed by atoms with Gasteiger partial charge in [0.1, 0.15) is 5.75 Å². The second kappa shape index (κ2) is 8.20. The van der Waals surface area contributed by atoms with E-state index in [4.69, 9.17) is 4.74 Å². The maximum atomic E-state index is 13.5. The molecule has 0 amide bonds. The van der Waals surface area contributed by atoms with Crippen molar-refractivity contribution in [2.24, 2.45) is 17.8 Å². The van der Waals surface area contributed by atoms with Crippen molar-refractivity contribution in [1.82, 2.24) is 0 Å². The second-order valence-electron chi connectivity index (χ2n) is 8.02. The lowest BCUT2D eigenvalue weighted by Gasteiger charge is -2.49. The molecule has 4 atom stereocenters. The molecule has 156 valence electrons. The molecule has 0 aliphatic heterocycles. The van der Waals surface area contributed by atoms with Crippen LogP contribution in [0, 0.1) is 17.8 Å². The molecule has 0 radical (unpaired) electrons. The molecule has 32 heavy (non-hydrogen) atoms. The van der Waals surface area contributed by atoms with Gasteiger partial charge in [-0.1, -0.05) is 78.2 Å². The molecule has 0 spiro atoms. The molecule has 0 heterocycles. The summed E-state index contributed by atoms with van der Waals surface area (Å²) in [5.41, 5.74) is 7.30. The fourth-order valence-electron chi connectivity index (χ4n) is 4.88. The number of ether oxygens (including phenoxy) is 1. The lowest BCUT2D eigenvalue weighted by molar-refractivity contribution is -0.161. The van der Waals surface area contributed by atoms with Crippen molar-refractivity contribution in [3.8, 4) is 5.75 Å². The van der Waals surface area contributed by atoms with Crippen LogP contribution >= 0.6 is 0 Å². The number of hydrogen-bond acceptors (Lipinski definition) is 3. The van der Waals surface area contributed by atoms with Crippen LogP contribution in [-0.2, 0) is 9.59 Å². The SMILES string of the molecule is O=C(O)[C@H]1[C@@H](C2=CC=C=C=C2)[C@H](C(=O)Oc2cccc3ccccc23)[C@@H]1c1ccccc1. The number of rotatable bonds is 5. The van der Waals surface area contributed by atoms with E-state index in [0.717, 1.165) is 21.9 Å². The molecule has 1 N–H and O–H groups in total. The minimum absolute atomic E-state index is 0.425. The van der Waals surface area contributed by atoms with Gasteiger partial charge >= 0.3 is 11.9 Å². The third-order valence-electron chi connectivity index (χ3n) is 6.32. The summed E-state index contributed by atoms with van der Waals surface area (Å²) in [5.74, 6) is -3.23. The molecule has 3 aromatic carbocycles. The molecule has 0 bridgehead atoms. The summed E-state index contributed by atoms with van der Waals surface area (Å²) in [4.78, 5) is 25.8. The molecule has 2 aliphatic rings. The molecular weight excluding hydrogens is 400 g/mol. The van der Waals surface area contributed by atoms with Gasteiger partial charge in [0, 0.05) is 17.2 Å². The normalized spacial score (nSPS) is 23.4. The van der Waals surface area contributed by atoms with Crippen molar-refractivity contribution in [3.63, 3.8) is 0 Å². The molecule has 4 heteroatoms. The monoisotopic (exact) mass is 420 g/mol. The van der Waals surface area contributed by atoms with Crippen molar-refractivity contribution >= 4 is 22.7 Å². The molecule has 1 saturated carbocycles. The summed E-state index contributed by atoms with van der Waals surface area (Å²) in [6.07, 6.45) is 5.20. The standard InChI is InChI=1S/C28H20O4/c29-27(30)25-23(19-11-3-1-4-12-19)26(24(25)20-13-5-2-6-14-20)28(31)32-22-17-9-15-18-10-7-8-16-21(18)22/h1,3-5,7-17,23-26H,(H,29,30)/t23-,24-,25-,26-/m1/s1. The third kappa shape index (κ3) is 3.38. The van der Waals surface area contributed by atoms with E-state index in [1.54, 1.807) is 24.3 Å². The Bertz CT molecular complexity index is 1330. The molecular formula is C28H20O4. The zero-order valence-corrected chi connectivity index (χ0v) is 17.1. The average molecular weight is 420 g/mol. The number of carboxylic acid groups (broad SMARTS) is 1. The molecule has 2 aliphatic carbocycles. The number of carbonyl (C=O) groups is 2. The lowest BCUT2D eigenvalue weighted by Crippen LogP contribution is -2.54. The minimum Gasteiger partial charge on any atom is -0.481 e. The van der Waals surface area contributed by atoms with Crippen LogP contribution in [0.4, 0.5) is 0 Å². The maximum Gasteiger partial charge on any atom is 0.315 e. The van der Waals surface area contributed by atoms with E-state index in [1.165, 1.54) is 0 Å². The zero-order valence-electron chi connectivity index (χ0n) is 17.1. The Hall–Kier alpha value is -4.10. The highest BCUT2D eigenvalue weighted by Crippen LogP contribution is 2.56. The second-order valence-corrected chi connectivity index (χ2v) is 8.02. The van der Waals surface area contributed by atoms with Gasteiger partial charge in [-0.05, 0) is 40.8 Å². The molecule has 4 nitrogen and oxygen atoms in total. The van der Waals surface area contributed by atoms with Crippen LogP contribution in [0.1, 0.15) is 11.5 Å². The predicted molar refractivity (Wildman–Crippen MR) is 121 cm³/mol. The molecule has 1 fully saturated rings. The number of aliphatic carboxylic acids is 1. The quantitative estimate of drug-likeness (QED) is 0.346. The van der Waals surface area contributed by atoms with Crippen LogP contribution in [0.2, 0.25) is 0 Å². The van der Waals surface area contributed by atoms with Gasteiger partial charge in [0.15, 0.2) is 0 Å². The van der Waals surface area contributed by atoms with E-state index in [1.807, 2.05) is 66.7 Å². The lowest BCUT2D eigenvalue weighted by atomic mass is 9.52. The summed E-state index contributed by atoms with van der Waals surface area (Å²) < 4.78 is 5.91. The highest BCUT2D eigenvalue weighted by molar-refractivity contribution is 5.92. The number of esters is 1. The summed E-state index contributed by atoms with van der Waals surface area (Å²) >= 11 is 0. The van der Waals surface area contributed by atoms with Gasteiger partial charge in [0.2, 0.25) is 0 Å². The Labute approximate surface area is 185 Å². The van der Waals surface area contributed by atoms with E-state index in [-0.39, 0.29) is 0 Å². The van der Waals surface area contributed by atoms with Gasteiger partial charge in [-0.15, -0.1) is 0 Å². The Morgan fingerprint density at radius 1 is 0.812 bits per heavy atom. The first kappa shape index (κ1) is 19.8. The topological polar surface area (TPSA) is 63.6 Å². The van der Waals surface area contributed by atoms with E-state index in [2.05, 4.69) is 11.5 Å². The van der Waals surface area contributed by atoms with Gasteiger partial charge in [-0.25, -0.2) is 0 Å². The average Bonchev–Trinajstić information content (AvgIpc) is 2.80. The smallest absolute Gasteiger partial charge is 0.315 e. The summed E-state index contributed by atoms with van der Waals surface area (Å²) in [6, 6.07) is 22.6. The fourth-order valence-corrected chi connectivity index (χ4v) is 4.88. The van der Waals surface area contributed by atoms with Crippen molar-refractivity contribution in [2.45, 2.75) is 5.92 Å². The first-order valence-corrected chi connectivity index (χ1v) is 10.5. The Morgan fingerprint density at radius 3 is 2.31 bits per heavy atom. The van der Waals surface area contributed by atoms with Gasteiger partial charge < -0.3 is 9.84 Å². The molecule has 0 unspecified atom stereocenters. The van der Waals surface area contributed by atoms with Crippen LogP contribution in [0.3, 0.4) is 0 Å². The molecule has 0 aromatic heterocycles. The summed E-state index contributed by atoms with van der Waals surface area (Å²) in [5, 5.41) is 11.9. The van der Waals surface area contributed by atoms with Crippen LogP contribution < -0.4 is 4.74 Å². The Morgan fingerprint density at radius 2 is 1.56 bits per heavy atom. The van der Waals surface area contributed by atoms with E-state index >= 15 is 0 Å². The van der Waals surface area contributed by atoms with E-state index < -0.39 is 35.6 Å². The van der Waals surface area contributed by atoms with Crippen LogP contribution in [0.5, 0.6) is 5.75 Å². The van der Waals surface area contributed by atoms with Crippen molar-refractivity contribution in [3.05, 3.63) is 114 Å². The van der Waals surface area contributed by atoms with Crippen LogP contribution in [0.25, 0.3) is 10.8 Å². The fraction of sp³-hybridized carbons (Fsp3) is 0.143. The highest BCUT2D eigenvalue weighted by Gasteiger charge is 2.59. The van der Waals surface area contributed by atoms with Gasteiger partial charge in [0.05, 0.1) is 11.8 Å². The summed E-state index contributed by atoms with van der Waals surface area (Å²) in [6.45, 7) is 0. The van der Waals surface area contributed by atoms with Crippen molar-refractivity contribution in [2.75, 3.05) is 0 Å². The largest absolute Gasteiger partial charge is 0.481 e. The van der Waals surface area contributed by atoms with Crippen molar-refractivity contribution in [1.29, 1.82) is 0 Å². The zero-order chi connectivity index (χ0) is 22.1. The number of benzene rings is 3. The van der Waals surface area contributed by atoms with Gasteiger partial charge in [-0.3, -0.25) is 9.59 Å². The van der Waals surface area contributed by atoms with Gasteiger partial charge in [0.25, 0.3) is 0 Å². The Kier molecular flexibility index (Phi) is 5.09. The van der Waals surface area contributed by atoms with E-state index in [0.29, 0.717) is 5.75 Å². The first-order chi connectivity index (χ1) is 15.6. The third-order valence-corrected chi connectivity index (χ3v) is 6.32. The molecule has 0 saturated heterocycles. The predicted octanol–water partition coefficient (Wildman–Crippen LogP) is 5.28. The first-order valence-electron chi connectivity index (χ1n) is 10.5. The number of carbonyl (C=O) groups excluding carboxylic acids is 1. The minimum atomic E-state index is -0.925. The van der Waals surface area contributed by atoms with Crippen molar-refractivity contribution < 1.29 is 19.4 Å². The van der Waals surface area contributed by atoms with Crippen LogP contribution in [0.15, 0.2) is 108 Å². The number of allylic oxidation sites excluding steroid dienone is 4. The van der Waals surface area contributed by atoms with Gasteiger partial charge in [-0.2, -0.15) is 0 Å². The molecule has 3 aromatic rings. The highest BCUT2D eigenvalue weighted by atomic mass is 16.5. The Balaban J connectivity index is 1.55.